The van der Waals surface area contributed by atoms with E-state index in [1.165, 1.54) is 19.3 Å². The van der Waals surface area contributed by atoms with Gasteiger partial charge in [-0.1, -0.05) is 0 Å². The van der Waals surface area contributed by atoms with Gasteiger partial charge in [0.05, 0.1) is 19.0 Å². The van der Waals surface area contributed by atoms with Crippen molar-refractivity contribution >= 4 is 5.82 Å². The van der Waals surface area contributed by atoms with Gasteiger partial charge in [-0.25, -0.2) is 0 Å². The van der Waals surface area contributed by atoms with Crippen LogP contribution in [-0.2, 0) is 0 Å². The molecule has 5 heteroatoms. The summed E-state index contributed by atoms with van der Waals surface area (Å²) in [5, 5.41) is 3.61. The number of nitrogens with one attached hydrogen (secondary N) is 1. The van der Waals surface area contributed by atoms with Crippen molar-refractivity contribution in [3.05, 3.63) is 12.4 Å². The first-order chi connectivity index (χ1) is 9.99. The molecule has 1 fully saturated rings. The molecule has 1 aliphatic rings. The summed E-state index contributed by atoms with van der Waals surface area (Å²) in [5.74, 6) is 1.55. The normalized spacial score (nSPS) is 19.6. The van der Waals surface area contributed by atoms with Crippen molar-refractivity contribution in [2.24, 2.45) is 0 Å². The van der Waals surface area contributed by atoms with Crippen molar-refractivity contribution < 1.29 is 4.74 Å². The summed E-state index contributed by atoms with van der Waals surface area (Å²) < 4.78 is 5.47. The maximum Gasteiger partial charge on any atom is 0.234 e. The fourth-order valence-corrected chi connectivity index (χ4v) is 2.63. The minimum atomic E-state index is 0.141. The number of rotatable bonds is 5. The van der Waals surface area contributed by atoms with Gasteiger partial charge in [0.2, 0.25) is 5.88 Å². The largest absolute Gasteiger partial charge is 0.477 e. The van der Waals surface area contributed by atoms with Gasteiger partial charge in [0.1, 0.15) is 0 Å². The molecule has 1 aliphatic heterocycles. The van der Waals surface area contributed by atoms with Gasteiger partial charge < -0.3 is 15.0 Å². The molecule has 0 aromatic carbocycles. The standard InChI is InChI=1S/C16H28N4O/c1-5-21-15-12-17-11-14(19-15)20-9-7-6-8-13(20)10-18-16(2,3)4/h11-13,18H,5-10H2,1-4H3. The minimum Gasteiger partial charge on any atom is -0.477 e. The summed E-state index contributed by atoms with van der Waals surface area (Å²) in [6.45, 7) is 11.2. The molecule has 0 radical (unpaired) electrons. The van der Waals surface area contributed by atoms with Gasteiger partial charge in [0.15, 0.2) is 5.82 Å². The third kappa shape index (κ3) is 4.84. The number of hydrogen-bond acceptors (Lipinski definition) is 5. The summed E-state index contributed by atoms with van der Waals surface area (Å²) >= 11 is 0. The third-order valence-electron chi connectivity index (χ3n) is 3.68. The zero-order valence-electron chi connectivity index (χ0n) is 13.7. The van der Waals surface area contributed by atoms with Crippen LogP contribution in [0.1, 0.15) is 47.0 Å². The van der Waals surface area contributed by atoms with Crippen LogP contribution in [0.2, 0.25) is 0 Å². The highest BCUT2D eigenvalue weighted by Crippen LogP contribution is 2.24. The molecule has 1 aromatic rings. The predicted molar refractivity (Wildman–Crippen MR) is 85.9 cm³/mol. The highest BCUT2D eigenvalue weighted by molar-refractivity contribution is 5.39. The third-order valence-corrected chi connectivity index (χ3v) is 3.68. The summed E-state index contributed by atoms with van der Waals surface area (Å²) in [6.07, 6.45) is 7.22. The molecule has 21 heavy (non-hydrogen) atoms. The van der Waals surface area contributed by atoms with E-state index in [1.54, 1.807) is 6.20 Å². The van der Waals surface area contributed by atoms with Crippen molar-refractivity contribution in [3.63, 3.8) is 0 Å². The molecule has 2 heterocycles. The second-order valence-electron chi connectivity index (χ2n) is 6.62. The SMILES string of the molecule is CCOc1cncc(N2CCCCC2CNC(C)(C)C)n1. The van der Waals surface area contributed by atoms with E-state index in [-0.39, 0.29) is 5.54 Å². The molecule has 2 rings (SSSR count). The van der Waals surface area contributed by atoms with Crippen molar-refractivity contribution in [2.45, 2.75) is 58.5 Å². The Labute approximate surface area is 128 Å². The number of aromatic nitrogens is 2. The van der Waals surface area contributed by atoms with Crippen LogP contribution < -0.4 is 15.0 Å². The Morgan fingerprint density at radius 3 is 2.86 bits per heavy atom. The first kappa shape index (κ1) is 16.0. The second-order valence-corrected chi connectivity index (χ2v) is 6.62. The Kier molecular flexibility index (Phi) is 5.39. The van der Waals surface area contributed by atoms with Gasteiger partial charge in [0, 0.05) is 24.7 Å². The van der Waals surface area contributed by atoms with Crippen molar-refractivity contribution in [1.29, 1.82) is 0 Å². The molecule has 1 N–H and O–H groups in total. The molecule has 0 saturated carbocycles. The lowest BCUT2D eigenvalue weighted by molar-refractivity contribution is 0.323. The molecule has 0 spiro atoms. The van der Waals surface area contributed by atoms with Crippen molar-refractivity contribution in [3.8, 4) is 5.88 Å². The first-order valence-corrected chi connectivity index (χ1v) is 7.96. The number of ether oxygens (including phenoxy) is 1. The van der Waals surface area contributed by atoms with Crippen LogP contribution >= 0.6 is 0 Å². The van der Waals surface area contributed by atoms with Crippen LogP contribution in [0.3, 0.4) is 0 Å². The minimum absolute atomic E-state index is 0.141. The molecule has 0 bridgehead atoms. The molecule has 5 nitrogen and oxygen atoms in total. The Morgan fingerprint density at radius 1 is 1.33 bits per heavy atom. The number of nitrogens with zero attached hydrogens (tertiary/aromatic N) is 3. The monoisotopic (exact) mass is 292 g/mol. The van der Waals surface area contributed by atoms with Gasteiger partial charge in [-0.3, -0.25) is 4.98 Å². The van der Waals surface area contributed by atoms with E-state index in [9.17, 15) is 0 Å². The lowest BCUT2D eigenvalue weighted by atomic mass is 10.0. The Bertz CT molecular complexity index is 444. The quantitative estimate of drug-likeness (QED) is 0.904. The number of hydrogen-bond donors (Lipinski definition) is 1. The summed E-state index contributed by atoms with van der Waals surface area (Å²) in [7, 11) is 0. The van der Waals surface area contributed by atoms with Crippen LogP contribution in [0.5, 0.6) is 5.88 Å². The van der Waals surface area contributed by atoms with E-state index in [4.69, 9.17) is 4.74 Å². The van der Waals surface area contributed by atoms with Gasteiger partial charge in [-0.15, -0.1) is 0 Å². The average Bonchev–Trinajstić information content (AvgIpc) is 2.45. The van der Waals surface area contributed by atoms with E-state index in [2.05, 4.69) is 41.0 Å². The fourth-order valence-electron chi connectivity index (χ4n) is 2.63. The molecule has 0 aliphatic carbocycles. The summed E-state index contributed by atoms with van der Waals surface area (Å²) in [6, 6.07) is 0.476. The van der Waals surface area contributed by atoms with Gasteiger partial charge in [0.25, 0.3) is 0 Å². The average molecular weight is 292 g/mol. The lowest BCUT2D eigenvalue weighted by Crippen LogP contribution is -2.50. The zero-order chi connectivity index (χ0) is 15.3. The Balaban J connectivity index is 2.08. The van der Waals surface area contributed by atoms with Gasteiger partial charge >= 0.3 is 0 Å². The summed E-state index contributed by atoms with van der Waals surface area (Å²) in [5.41, 5.74) is 0.141. The highest BCUT2D eigenvalue weighted by atomic mass is 16.5. The molecule has 118 valence electrons. The van der Waals surface area contributed by atoms with Crippen LogP contribution in [0.25, 0.3) is 0 Å². The molecular weight excluding hydrogens is 264 g/mol. The zero-order valence-corrected chi connectivity index (χ0v) is 13.7. The van der Waals surface area contributed by atoms with Crippen LogP contribution in [-0.4, -0.2) is 41.2 Å². The molecule has 1 unspecified atom stereocenters. The fraction of sp³-hybridized carbons (Fsp3) is 0.750. The first-order valence-electron chi connectivity index (χ1n) is 7.96. The topological polar surface area (TPSA) is 50.3 Å². The predicted octanol–water partition coefficient (Wildman–Crippen LogP) is 2.62. The van der Waals surface area contributed by atoms with E-state index >= 15 is 0 Å². The number of anilines is 1. The number of piperidine rings is 1. The maximum atomic E-state index is 5.47. The Hall–Kier alpha value is -1.36. The van der Waals surface area contributed by atoms with Gasteiger partial charge in [-0.2, -0.15) is 4.98 Å². The molecule has 1 aromatic heterocycles. The Morgan fingerprint density at radius 2 is 2.14 bits per heavy atom. The lowest BCUT2D eigenvalue weighted by Gasteiger charge is -2.38. The van der Waals surface area contributed by atoms with Gasteiger partial charge in [-0.05, 0) is 47.0 Å². The van der Waals surface area contributed by atoms with Crippen molar-refractivity contribution in [2.75, 3.05) is 24.6 Å². The van der Waals surface area contributed by atoms with Crippen LogP contribution in [0, 0.1) is 0 Å². The van der Waals surface area contributed by atoms with Crippen LogP contribution in [0.15, 0.2) is 12.4 Å². The smallest absolute Gasteiger partial charge is 0.234 e. The van der Waals surface area contributed by atoms with E-state index in [0.717, 1.165) is 18.9 Å². The van der Waals surface area contributed by atoms with Crippen LogP contribution in [0.4, 0.5) is 5.82 Å². The maximum absolute atomic E-state index is 5.47. The van der Waals surface area contributed by atoms with E-state index in [0.29, 0.717) is 18.5 Å². The second kappa shape index (κ2) is 7.07. The highest BCUT2D eigenvalue weighted by Gasteiger charge is 2.25. The van der Waals surface area contributed by atoms with E-state index in [1.807, 2.05) is 13.1 Å². The molecule has 0 amide bonds. The molecule has 1 atom stereocenters. The van der Waals surface area contributed by atoms with Crippen molar-refractivity contribution in [1.82, 2.24) is 15.3 Å². The molecular formula is C16H28N4O. The van der Waals surface area contributed by atoms with E-state index < -0.39 is 0 Å². The molecule has 1 saturated heterocycles. The summed E-state index contributed by atoms with van der Waals surface area (Å²) in [4.78, 5) is 11.2.